The summed E-state index contributed by atoms with van der Waals surface area (Å²) in [4.78, 5) is 4.32. The first-order valence-electron chi connectivity index (χ1n) is 6.19. The van der Waals surface area contributed by atoms with Crippen LogP contribution < -0.4 is 4.74 Å². The summed E-state index contributed by atoms with van der Waals surface area (Å²) < 4.78 is 5.89. The van der Waals surface area contributed by atoms with Crippen LogP contribution in [-0.2, 0) is 6.61 Å². The van der Waals surface area contributed by atoms with E-state index in [2.05, 4.69) is 4.98 Å². The van der Waals surface area contributed by atoms with E-state index in [4.69, 9.17) is 16.3 Å². The minimum atomic E-state index is -0.0743. The molecule has 0 radical (unpaired) electrons. The number of halogens is 1. The van der Waals surface area contributed by atoms with E-state index in [1.165, 1.54) is 0 Å². The lowest BCUT2D eigenvalue weighted by Crippen LogP contribution is -1.93. The average molecular weight is 286 g/mol. The van der Waals surface area contributed by atoms with Gasteiger partial charge in [-0.1, -0.05) is 29.8 Å². The fourth-order valence-electron chi connectivity index (χ4n) is 2.05. The van der Waals surface area contributed by atoms with Crippen LogP contribution in [0.5, 0.6) is 11.5 Å². The molecule has 1 heterocycles. The van der Waals surface area contributed by atoms with Gasteiger partial charge in [-0.3, -0.25) is 4.98 Å². The molecule has 1 aromatic heterocycles. The molecule has 100 valence electrons. The Hall–Kier alpha value is -2.10. The molecular weight excluding hydrogens is 274 g/mol. The lowest BCUT2D eigenvalue weighted by atomic mass is 10.2. The topological polar surface area (TPSA) is 42.4 Å². The maximum absolute atomic E-state index is 9.34. The van der Waals surface area contributed by atoms with E-state index in [9.17, 15) is 5.11 Å². The van der Waals surface area contributed by atoms with Crippen LogP contribution in [0.15, 0.2) is 54.7 Å². The van der Waals surface area contributed by atoms with Crippen molar-refractivity contribution in [1.82, 2.24) is 4.98 Å². The molecule has 0 fully saturated rings. The zero-order chi connectivity index (χ0) is 13.9. The third-order valence-electron chi connectivity index (χ3n) is 3.04. The maximum Gasteiger partial charge on any atom is 0.153 e. The first kappa shape index (κ1) is 12.9. The maximum atomic E-state index is 9.34. The smallest absolute Gasteiger partial charge is 0.153 e. The zero-order valence-corrected chi connectivity index (χ0v) is 11.3. The van der Waals surface area contributed by atoms with E-state index < -0.39 is 0 Å². The number of aromatic nitrogens is 1. The minimum absolute atomic E-state index is 0.0743. The van der Waals surface area contributed by atoms with E-state index in [1.807, 2.05) is 36.4 Å². The Balaban J connectivity index is 2.09. The van der Waals surface area contributed by atoms with E-state index in [0.29, 0.717) is 22.0 Å². The molecule has 3 rings (SSSR count). The van der Waals surface area contributed by atoms with Crippen LogP contribution in [0.3, 0.4) is 0 Å². The normalized spacial score (nSPS) is 10.7. The highest BCUT2D eigenvalue weighted by molar-refractivity contribution is 6.35. The predicted octanol–water partition coefficient (Wildman–Crippen LogP) is 4.17. The largest absolute Gasteiger partial charge is 0.455 e. The number of hydrogen-bond donors (Lipinski definition) is 1. The van der Waals surface area contributed by atoms with Crippen molar-refractivity contribution >= 4 is 22.5 Å². The third-order valence-corrected chi connectivity index (χ3v) is 3.37. The SMILES string of the molecule is OCc1ccccc1Oc1ccc(Cl)c2cccnc12. The van der Waals surface area contributed by atoms with Crippen LogP contribution >= 0.6 is 11.6 Å². The van der Waals surface area contributed by atoms with Crippen LogP contribution in [0.1, 0.15) is 5.56 Å². The van der Waals surface area contributed by atoms with Crippen molar-refractivity contribution in [3.63, 3.8) is 0 Å². The summed E-state index contributed by atoms with van der Waals surface area (Å²) in [5, 5.41) is 10.8. The number of benzene rings is 2. The second kappa shape index (κ2) is 5.49. The highest BCUT2D eigenvalue weighted by Gasteiger charge is 2.09. The van der Waals surface area contributed by atoms with Gasteiger partial charge in [-0.05, 0) is 30.3 Å². The summed E-state index contributed by atoms with van der Waals surface area (Å²) >= 11 is 6.15. The summed E-state index contributed by atoms with van der Waals surface area (Å²) in [5.41, 5.74) is 1.43. The monoisotopic (exact) mass is 285 g/mol. The van der Waals surface area contributed by atoms with Gasteiger partial charge in [0.1, 0.15) is 11.3 Å². The van der Waals surface area contributed by atoms with Crippen molar-refractivity contribution in [3.05, 3.63) is 65.3 Å². The number of nitrogens with zero attached hydrogens (tertiary/aromatic N) is 1. The number of aliphatic hydroxyl groups excluding tert-OH is 1. The molecule has 2 aromatic carbocycles. The molecule has 1 N–H and O–H groups in total. The standard InChI is InChI=1S/C16H12ClNO2/c17-13-7-8-15(16-12(13)5-3-9-18-16)20-14-6-2-1-4-11(14)10-19/h1-9,19H,10H2. The minimum Gasteiger partial charge on any atom is -0.455 e. The van der Waals surface area contributed by atoms with Gasteiger partial charge in [-0.25, -0.2) is 0 Å². The fraction of sp³-hybridized carbons (Fsp3) is 0.0625. The van der Waals surface area contributed by atoms with Gasteiger partial charge in [-0.2, -0.15) is 0 Å². The molecule has 0 spiro atoms. The first-order valence-corrected chi connectivity index (χ1v) is 6.57. The van der Waals surface area contributed by atoms with Gasteiger partial charge >= 0.3 is 0 Å². The van der Waals surface area contributed by atoms with Crippen LogP contribution in [-0.4, -0.2) is 10.1 Å². The van der Waals surface area contributed by atoms with Crippen LogP contribution in [0.25, 0.3) is 10.9 Å². The summed E-state index contributed by atoms with van der Waals surface area (Å²) in [6.45, 7) is -0.0743. The molecule has 20 heavy (non-hydrogen) atoms. The highest BCUT2D eigenvalue weighted by Crippen LogP contribution is 2.33. The van der Waals surface area contributed by atoms with Gasteiger partial charge in [0.05, 0.1) is 11.6 Å². The van der Waals surface area contributed by atoms with E-state index in [1.54, 1.807) is 18.3 Å². The number of rotatable bonds is 3. The van der Waals surface area contributed by atoms with Gasteiger partial charge in [0.2, 0.25) is 0 Å². The zero-order valence-electron chi connectivity index (χ0n) is 10.6. The second-order valence-corrected chi connectivity index (χ2v) is 4.72. The van der Waals surface area contributed by atoms with Gasteiger partial charge in [0, 0.05) is 17.1 Å². The number of pyridine rings is 1. The highest BCUT2D eigenvalue weighted by atomic mass is 35.5. The van der Waals surface area contributed by atoms with E-state index in [-0.39, 0.29) is 6.61 Å². The lowest BCUT2D eigenvalue weighted by molar-refractivity contribution is 0.276. The Kier molecular flexibility index (Phi) is 3.54. The molecule has 0 amide bonds. The van der Waals surface area contributed by atoms with Crippen molar-refractivity contribution in [2.24, 2.45) is 0 Å². The molecule has 3 aromatic rings. The molecule has 0 unspecified atom stereocenters. The number of ether oxygens (including phenoxy) is 1. The van der Waals surface area contributed by atoms with Gasteiger partial charge in [0.15, 0.2) is 5.75 Å². The Bertz CT molecular complexity index is 758. The van der Waals surface area contributed by atoms with Crippen LogP contribution in [0.4, 0.5) is 0 Å². The molecule has 0 aliphatic rings. The summed E-state index contributed by atoms with van der Waals surface area (Å²) in [6, 6.07) is 14.6. The molecule has 3 nitrogen and oxygen atoms in total. The van der Waals surface area contributed by atoms with Crippen molar-refractivity contribution in [2.75, 3.05) is 0 Å². The Morgan fingerprint density at radius 2 is 1.85 bits per heavy atom. The molecular formula is C16H12ClNO2. The molecule has 0 aliphatic heterocycles. The Morgan fingerprint density at radius 3 is 2.70 bits per heavy atom. The molecule has 0 bridgehead atoms. The van der Waals surface area contributed by atoms with Crippen LogP contribution in [0.2, 0.25) is 5.02 Å². The van der Waals surface area contributed by atoms with Crippen molar-refractivity contribution in [2.45, 2.75) is 6.61 Å². The van der Waals surface area contributed by atoms with E-state index >= 15 is 0 Å². The predicted molar refractivity (Wildman–Crippen MR) is 79.2 cm³/mol. The second-order valence-electron chi connectivity index (χ2n) is 4.31. The van der Waals surface area contributed by atoms with Gasteiger partial charge < -0.3 is 9.84 Å². The number of para-hydroxylation sites is 1. The average Bonchev–Trinajstić information content (AvgIpc) is 2.51. The van der Waals surface area contributed by atoms with Crippen molar-refractivity contribution in [3.8, 4) is 11.5 Å². The Labute approximate surface area is 121 Å². The summed E-state index contributed by atoms with van der Waals surface area (Å²) in [5.74, 6) is 1.23. The number of hydrogen-bond acceptors (Lipinski definition) is 3. The summed E-state index contributed by atoms with van der Waals surface area (Å²) in [6.07, 6.45) is 1.70. The van der Waals surface area contributed by atoms with Gasteiger partial charge in [-0.15, -0.1) is 0 Å². The molecule has 0 saturated carbocycles. The molecule has 0 saturated heterocycles. The quantitative estimate of drug-likeness (QED) is 0.785. The third kappa shape index (κ3) is 2.33. The number of aliphatic hydroxyl groups is 1. The van der Waals surface area contributed by atoms with Crippen molar-refractivity contribution < 1.29 is 9.84 Å². The van der Waals surface area contributed by atoms with Gasteiger partial charge in [0.25, 0.3) is 0 Å². The molecule has 4 heteroatoms. The summed E-state index contributed by atoms with van der Waals surface area (Å²) in [7, 11) is 0. The van der Waals surface area contributed by atoms with Crippen LogP contribution in [0, 0.1) is 0 Å². The van der Waals surface area contributed by atoms with E-state index in [0.717, 1.165) is 10.9 Å². The fourth-order valence-corrected chi connectivity index (χ4v) is 2.26. The molecule has 0 aliphatic carbocycles. The lowest BCUT2D eigenvalue weighted by Gasteiger charge is -2.11. The Morgan fingerprint density at radius 1 is 1.00 bits per heavy atom. The number of fused-ring (bicyclic) bond motifs is 1. The molecule has 0 atom stereocenters. The first-order chi connectivity index (χ1) is 9.79. The van der Waals surface area contributed by atoms with Crippen molar-refractivity contribution in [1.29, 1.82) is 0 Å².